The molecule has 0 saturated carbocycles. The lowest BCUT2D eigenvalue weighted by Gasteiger charge is -2.37. The minimum absolute atomic E-state index is 0.472. The van der Waals surface area contributed by atoms with Gasteiger partial charge in [0.15, 0.2) is 0 Å². The number of nitrogens with zero attached hydrogens (tertiary/aromatic N) is 2. The highest BCUT2D eigenvalue weighted by atomic mass is 35.5. The summed E-state index contributed by atoms with van der Waals surface area (Å²) in [7, 11) is 0. The van der Waals surface area contributed by atoms with Crippen molar-refractivity contribution in [2.45, 2.75) is 0 Å². The van der Waals surface area contributed by atoms with Crippen LogP contribution in [-0.2, 0) is 9.59 Å². The van der Waals surface area contributed by atoms with Crippen molar-refractivity contribution in [2.24, 2.45) is 0 Å². The van der Waals surface area contributed by atoms with E-state index in [2.05, 4.69) is 21.2 Å². The van der Waals surface area contributed by atoms with Crippen LogP contribution >= 0.6 is 11.6 Å². The SMILES string of the molecule is O=C(O)/C=C/C(=O)Nc1ccc(N2CCN(c3cccc(Cl)c3)CC2)cc1. The third-order valence-corrected chi connectivity index (χ3v) is 4.57. The monoisotopic (exact) mass is 385 g/mol. The van der Waals surface area contributed by atoms with Crippen LogP contribution in [0.25, 0.3) is 0 Å². The summed E-state index contributed by atoms with van der Waals surface area (Å²) in [6.45, 7) is 3.58. The third kappa shape index (κ3) is 5.24. The van der Waals surface area contributed by atoms with Gasteiger partial charge in [-0.25, -0.2) is 4.79 Å². The fraction of sp³-hybridized carbons (Fsp3) is 0.200. The fourth-order valence-corrected chi connectivity index (χ4v) is 3.17. The van der Waals surface area contributed by atoms with Crippen LogP contribution in [0.15, 0.2) is 60.7 Å². The van der Waals surface area contributed by atoms with Crippen molar-refractivity contribution in [1.29, 1.82) is 0 Å². The average Bonchev–Trinajstić information content (AvgIpc) is 2.67. The largest absolute Gasteiger partial charge is 0.478 e. The van der Waals surface area contributed by atoms with Crippen molar-refractivity contribution in [2.75, 3.05) is 41.3 Å². The maximum atomic E-state index is 11.6. The molecule has 7 heteroatoms. The summed E-state index contributed by atoms with van der Waals surface area (Å²) in [6.07, 6.45) is 1.80. The molecule has 0 atom stereocenters. The van der Waals surface area contributed by atoms with Crippen molar-refractivity contribution >= 4 is 40.5 Å². The highest BCUT2D eigenvalue weighted by Crippen LogP contribution is 2.24. The van der Waals surface area contributed by atoms with Crippen LogP contribution < -0.4 is 15.1 Å². The highest BCUT2D eigenvalue weighted by molar-refractivity contribution is 6.30. The number of carbonyl (C=O) groups is 2. The van der Waals surface area contributed by atoms with E-state index in [0.29, 0.717) is 5.69 Å². The maximum Gasteiger partial charge on any atom is 0.328 e. The molecule has 2 aromatic carbocycles. The molecule has 1 aliphatic heterocycles. The molecule has 0 bridgehead atoms. The van der Waals surface area contributed by atoms with E-state index in [9.17, 15) is 9.59 Å². The molecule has 3 rings (SSSR count). The summed E-state index contributed by atoms with van der Waals surface area (Å²) in [6, 6.07) is 15.4. The molecule has 1 amide bonds. The maximum absolute atomic E-state index is 11.6. The highest BCUT2D eigenvalue weighted by Gasteiger charge is 2.17. The van der Waals surface area contributed by atoms with Gasteiger partial charge in [0.1, 0.15) is 0 Å². The molecule has 0 aliphatic carbocycles. The van der Waals surface area contributed by atoms with Gasteiger partial charge in [0, 0.05) is 60.4 Å². The van der Waals surface area contributed by atoms with Gasteiger partial charge in [-0.05, 0) is 42.5 Å². The van der Waals surface area contributed by atoms with E-state index in [1.165, 1.54) is 0 Å². The molecule has 0 spiro atoms. The number of hydrogen-bond donors (Lipinski definition) is 2. The lowest BCUT2D eigenvalue weighted by Crippen LogP contribution is -2.46. The summed E-state index contributed by atoms with van der Waals surface area (Å²) in [5, 5.41) is 11.9. The first-order chi connectivity index (χ1) is 13.0. The van der Waals surface area contributed by atoms with Crippen molar-refractivity contribution < 1.29 is 14.7 Å². The van der Waals surface area contributed by atoms with Gasteiger partial charge in [-0.1, -0.05) is 17.7 Å². The second-order valence-corrected chi connectivity index (χ2v) is 6.60. The Hall–Kier alpha value is -2.99. The summed E-state index contributed by atoms with van der Waals surface area (Å²) in [5.74, 6) is -1.63. The van der Waals surface area contributed by atoms with E-state index in [0.717, 1.165) is 54.7 Å². The summed E-state index contributed by atoms with van der Waals surface area (Å²) in [5.41, 5.74) is 2.84. The van der Waals surface area contributed by atoms with Gasteiger partial charge in [0.2, 0.25) is 5.91 Å². The van der Waals surface area contributed by atoms with Crippen LogP contribution in [-0.4, -0.2) is 43.2 Å². The molecule has 1 saturated heterocycles. The Bertz CT molecular complexity index is 844. The van der Waals surface area contributed by atoms with Crippen LogP contribution in [0.1, 0.15) is 0 Å². The summed E-state index contributed by atoms with van der Waals surface area (Å²) < 4.78 is 0. The topological polar surface area (TPSA) is 72.9 Å². The lowest BCUT2D eigenvalue weighted by atomic mass is 10.2. The van der Waals surface area contributed by atoms with Gasteiger partial charge in [-0.3, -0.25) is 4.79 Å². The Morgan fingerprint density at radius 2 is 1.56 bits per heavy atom. The summed E-state index contributed by atoms with van der Waals surface area (Å²) in [4.78, 5) is 26.6. The predicted molar refractivity (Wildman–Crippen MR) is 108 cm³/mol. The molecule has 27 heavy (non-hydrogen) atoms. The average molecular weight is 386 g/mol. The first-order valence-corrected chi connectivity index (χ1v) is 8.96. The number of carboxylic acid groups (broad SMARTS) is 1. The van der Waals surface area contributed by atoms with Crippen LogP contribution in [0, 0.1) is 0 Å². The van der Waals surface area contributed by atoms with Crippen LogP contribution in [0.2, 0.25) is 5.02 Å². The van der Waals surface area contributed by atoms with Gasteiger partial charge >= 0.3 is 5.97 Å². The zero-order valence-corrected chi connectivity index (χ0v) is 15.4. The Kier molecular flexibility index (Phi) is 5.98. The fourth-order valence-electron chi connectivity index (χ4n) is 2.98. The molecule has 6 nitrogen and oxygen atoms in total. The van der Waals surface area contributed by atoms with E-state index in [-0.39, 0.29) is 0 Å². The Balaban J connectivity index is 1.55. The van der Waals surface area contributed by atoms with E-state index >= 15 is 0 Å². The van der Waals surface area contributed by atoms with Crippen LogP contribution in [0.3, 0.4) is 0 Å². The number of aliphatic carboxylic acids is 1. The molecule has 1 fully saturated rings. The lowest BCUT2D eigenvalue weighted by molar-refractivity contribution is -0.131. The van der Waals surface area contributed by atoms with Crippen molar-refractivity contribution in [1.82, 2.24) is 0 Å². The predicted octanol–water partition coefficient (Wildman–Crippen LogP) is 3.25. The van der Waals surface area contributed by atoms with Crippen molar-refractivity contribution in [3.05, 3.63) is 65.7 Å². The number of hydrogen-bond acceptors (Lipinski definition) is 4. The second-order valence-electron chi connectivity index (χ2n) is 6.16. The van der Waals surface area contributed by atoms with Gasteiger partial charge in [-0.15, -0.1) is 0 Å². The first-order valence-electron chi connectivity index (χ1n) is 8.59. The third-order valence-electron chi connectivity index (χ3n) is 4.33. The number of carboxylic acids is 1. The number of nitrogens with one attached hydrogen (secondary N) is 1. The van der Waals surface area contributed by atoms with E-state index in [1.807, 2.05) is 42.5 Å². The number of halogens is 1. The molecule has 2 aromatic rings. The minimum atomic E-state index is -1.16. The van der Waals surface area contributed by atoms with Crippen LogP contribution in [0.5, 0.6) is 0 Å². The molecular formula is C20H20ClN3O3. The van der Waals surface area contributed by atoms with E-state index < -0.39 is 11.9 Å². The number of rotatable bonds is 5. The Morgan fingerprint density at radius 3 is 2.15 bits per heavy atom. The van der Waals surface area contributed by atoms with Crippen molar-refractivity contribution in [3.63, 3.8) is 0 Å². The van der Waals surface area contributed by atoms with E-state index in [1.54, 1.807) is 0 Å². The Labute approximate surface area is 162 Å². The number of carbonyl (C=O) groups excluding carboxylic acids is 1. The van der Waals surface area contributed by atoms with E-state index in [4.69, 9.17) is 16.7 Å². The molecule has 1 heterocycles. The molecule has 1 aliphatic rings. The second kappa shape index (κ2) is 8.60. The van der Waals surface area contributed by atoms with Crippen LogP contribution in [0.4, 0.5) is 17.1 Å². The van der Waals surface area contributed by atoms with Gasteiger partial charge in [0.25, 0.3) is 0 Å². The first kappa shape index (κ1) is 18.8. The summed E-state index contributed by atoms with van der Waals surface area (Å²) >= 11 is 6.07. The molecule has 2 N–H and O–H groups in total. The smallest absolute Gasteiger partial charge is 0.328 e. The Morgan fingerprint density at radius 1 is 0.926 bits per heavy atom. The van der Waals surface area contributed by atoms with Gasteiger partial charge in [0.05, 0.1) is 0 Å². The standard InChI is InChI=1S/C20H20ClN3O3/c21-15-2-1-3-18(14-15)24-12-10-23(11-13-24)17-6-4-16(5-7-17)22-19(25)8-9-20(26)27/h1-9,14H,10-13H2,(H,22,25)(H,26,27)/b9-8+. The van der Waals surface area contributed by atoms with Gasteiger partial charge < -0.3 is 20.2 Å². The molecule has 0 radical (unpaired) electrons. The number of piperazine rings is 1. The molecular weight excluding hydrogens is 366 g/mol. The number of anilines is 3. The zero-order valence-electron chi connectivity index (χ0n) is 14.6. The van der Waals surface area contributed by atoms with Gasteiger partial charge in [-0.2, -0.15) is 0 Å². The molecule has 0 aromatic heterocycles. The van der Waals surface area contributed by atoms with Crippen molar-refractivity contribution in [3.8, 4) is 0 Å². The minimum Gasteiger partial charge on any atom is -0.478 e. The quantitative estimate of drug-likeness (QED) is 0.773. The normalized spacial score (nSPS) is 14.4. The number of benzene rings is 2. The molecule has 0 unspecified atom stereocenters. The molecule has 140 valence electrons. The number of amides is 1. The zero-order chi connectivity index (χ0) is 19.2.